The van der Waals surface area contributed by atoms with Gasteiger partial charge >= 0.3 is 0 Å². The lowest BCUT2D eigenvalue weighted by molar-refractivity contribution is 0.129. The average molecular weight is 184 g/mol. The second-order valence-electron chi connectivity index (χ2n) is 4.32. The quantitative estimate of drug-likeness (QED) is 0.634. The van der Waals surface area contributed by atoms with Crippen LogP contribution < -0.4 is 5.32 Å². The van der Waals surface area contributed by atoms with E-state index in [4.69, 9.17) is 0 Å². The third-order valence-corrected chi connectivity index (χ3v) is 3.26. The fourth-order valence-corrected chi connectivity index (χ4v) is 1.81. The third-order valence-electron chi connectivity index (χ3n) is 3.26. The summed E-state index contributed by atoms with van der Waals surface area (Å²) in [5, 5.41) is 3.32. The largest absolute Gasteiger partial charge is 0.314 e. The van der Waals surface area contributed by atoms with Gasteiger partial charge in [-0.1, -0.05) is 26.2 Å². The molecule has 2 nitrogen and oxygen atoms in total. The number of likely N-dealkylation sites (N-methyl/N-ethyl adjacent to an activating group) is 1. The predicted octanol–water partition coefficient (Wildman–Crippen LogP) is 1.86. The Labute approximate surface area is 82.7 Å². The summed E-state index contributed by atoms with van der Waals surface area (Å²) in [5.74, 6) is 0. The Morgan fingerprint density at radius 1 is 1.38 bits per heavy atom. The van der Waals surface area contributed by atoms with Crippen LogP contribution in [0.5, 0.6) is 0 Å². The van der Waals surface area contributed by atoms with Gasteiger partial charge in [0.05, 0.1) is 0 Å². The molecule has 0 aromatic carbocycles. The summed E-state index contributed by atoms with van der Waals surface area (Å²) in [4.78, 5) is 2.53. The van der Waals surface area contributed by atoms with Gasteiger partial charge in [-0.2, -0.15) is 0 Å². The van der Waals surface area contributed by atoms with Gasteiger partial charge in [-0.05, 0) is 20.4 Å². The highest BCUT2D eigenvalue weighted by Crippen LogP contribution is 2.12. The van der Waals surface area contributed by atoms with Gasteiger partial charge in [0.2, 0.25) is 0 Å². The highest BCUT2D eigenvalue weighted by atomic mass is 15.2. The van der Waals surface area contributed by atoms with Crippen LogP contribution >= 0.6 is 0 Å². The molecule has 1 rings (SSSR count). The maximum Gasteiger partial charge on any atom is 0.0345 e. The topological polar surface area (TPSA) is 15.3 Å². The van der Waals surface area contributed by atoms with Gasteiger partial charge in [0, 0.05) is 25.2 Å². The van der Waals surface area contributed by atoms with E-state index in [-0.39, 0.29) is 0 Å². The Balaban J connectivity index is 2.09. The van der Waals surface area contributed by atoms with Crippen LogP contribution in [0.3, 0.4) is 0 Å². The van der Waals surface area contributed by atoms with Gasteiger partial charge < -0.3 is 5.32 Å². The zero-order chi connectivity index (χ0) is 9.68. The molecule has 1 fully saturated rings. The molecule has 0 amide bonds. The first-order valence-electron chi connectivity index (χ1n) is 5.68. The van der Waals surface area contributed by atoms with Gasteiger partial charge in [0.15, 0.2) is 0 Å². The first-order valence-corrected chi connectivity index (χ1v) is 5.68. The lowest BCUT2D eigenvalue weighted by Crippen LogP contribution is -2.58. The van der Waals surface area contributed by atoms with Crippen molar-refractivity contribution in [1.29, 1.82) is 0 Å². The molecular formula is C11H24N2. The Bertz CT molecular complexity index is 132. The van der Waals surface area contributed by atoms with Gasteiger partial charge in [-0.25, -0.2) is 0 Å². The van der Waals surface area contributed by atoms with Crippen molar-refractivity contribution in [1.82, 2.24) is 10.2 Å². The zero-order valence-corrected chi connectivity index (χ0v) is 9.34. The maximum atomic E-state index is 3.32. The molecule has 78 valence electrons. The molecule has 0 aromatic rings. The van der Waals surface area contributed by atoms with Crippen LogP contribution in [0.25, 0.3) is 0 Å². The Hall–Kier alpha value is -0.0800. The standard InChI is InChI=1S/C11H24N2/c1-4-5-6-7-10(2)13(3)11-8-12-9-11/h10-12H,4-9H2,1-3H3. The number of hydrogen-bond donors (Lipinski definition) is 1. The van der Waals surface area contributed by atoms with Gasteiger partial charge in [0.1, 0.15) is 0 Å². The molecule has 0 aliphatic carbocycles. The lowest BCUT2D eigenvalue weighted by atomic mass is 10.0. The summed E-state index contributed by atoms with van der Waals surface area (Å²) < 4.78 is 0. The Kier molecular flexibility index (Phi) is 4.74. The van der Waals surface area contributed by atoms with E-state index in [1.165, 1.54) is 38.8 Å². The predicted molar refractivity (Wildman–Crippen MR) is 58.0 cm³/mol. The van der Waals surface area contributed by atoms with Crippen molar-refractivity contribution in [3.05, 3.63) is 0 Å². The van der Waals surface area contributed by atoms with Crippen molar-refractivity contribution in [2.45, 2.75) is 51.6 Å². The molecule has 0 saturated carbocycles. The summed E-state index contributed by atoms with van der Waals surface area (Å²) in [6, 6.07) is 1.57. The highest BCUT2D eigenvalue weighted by molar-refractivity contribution is 4.85. The highest BCUT2D eigenvalue weighted by Gasteiger charge is 2.24. The van der Waals surface area contributed by atoms with E-state index in [2.05, 4.69) is 31.1 Å². The number of unbranched alkanes of at least 4 members (excludes halogenated alkanes) is 2. The Morgan fingerprint density at radius 3 is 2.54 bits per heavy atom. The summed E-state index contributed by atoms with van der Waals surface area (Å²) in [6.07, 6.45) is 5.48. The monoisotopic (exact) mass is 184 g/mol. The third kappa shape index (κ3) is 3.28. The van der Waals surface area contributed by atoms with Crippen molar-refractivity contribution in [2.24, 2.45) is 0 Å². The molecule has 0 aromatic heterocycles. The van der Waals surface area contributed by atoms with Gasteiger partial charge in [-0.15, -0.1) is 0 Å². The number of hydrogen-bond acceptors (Lipinski definition) is 2. The fourth-order valence-electron chi connectivity index (χ4n) is 1.81. The van der Waals surface area contributed by atoms with E-state index in [1.54, 1.807) is 0 Å². The summed E-state index contributed by atoms with van der Waals surface area (Å²) >= 11 is 0. The van der Waals surface area contributed by atoms with E-state index in [0.29, 0.717) is 0 Å². The molecule has 0 bridgehead atoms. The molecule has 13 heavy (non-hydrogen) atoms. The molecule has 1 aliphatic heterocycles. The van der Waals surface area contributed by atoms with Crippen molar-refractivity contribution < 1.29 is 0 Å². The lowest BCUT2D eigenvalue weighted by Gasteiger charge is -2.39. The molecule has 1 atom stereocenters. The minimum Gasteiger partial charge on any atom is -0.314 e. The number of rotatable bonds is 6. The number of nitrogens with one attached hydrogen (secondary N) is 1. The average Bonchev–Trinajstić information content (AvgIpc) is 2.01. The van der Waals surface area contributed by atoms with Crippen LogP contribution in [-0.2, 0) is 0 Å². The minimum absolute atomic E-state index is 0.763. The summed E-state index contributed by atoms with van der Waals surface area (Å²) in [6.45, 7) is 7.00. The normalized spacial score (nSPS) is 20.3. The molecular weight excluding hydrogens is 160 g/mol. The van der Waals surface area contributed by atoms with E-state index in [0.717, 1.165) is 12.1 Å². The second-order valence-corrected chi connectivity index (χ2v) is 4.32. The van der Waals surface area contributed by atoms with Crippen molar-refractivity contribution in [3.63, 3.8) is 0 Å². The molecule has 0 spiro atoms. The summed E-state index contributed by atoms with van der Waals surface area (Å²) in [7, 11) is 2.27. The van der Waals surface area contributed by atoms with E-state index in [1.807, 2.05) is 0 Å². The number of nitrogens with zero attached hydrogens (tertiary/aromatic N) is 1. The van der Waals surface area contributed by atoms with Gasteiger partial charge in [0.25, 0.3) is 0 Å². The SMILES string of the molecule is CCCCCC(C)N(C)C1CNC1. The first-order chi connectivity index (χ1) is 6.25. The molecule has 1 saturated heterocycles. The molecule has 1 heterocycles. The van der Waals surface area contributed by atoms with Crippen molar-refractivity contribution in [3.8, 4) is 0 Å². The van der Waals surface area contributed by atoms with Crippen LogP contribution in [0.15, 0.2) is 0 Å². The molecule has 0 radical (unpaired) electrons. The van der Waals surface area contributed by atoms with E-state index < -0.39 is 0 Å². The van der Waals surface area contributed by atoms with Crippen LogP contribution in [-0.4, -0.2) is 37.1 Å². The van der Waals surface area contributed by atoms with Crippen LogP contribution in [0, 0.1) is 0 Å². The van der Waals surface area contributed by atoms with Crippen LogP contribution in [0.4, 0.5) is 0 Å². The fraction of sp³-hybridized carbons (Fsp3) is 1.00. The minimum atomic E-state index is 0.763. The molecule has 2 heteroatoms. The van der Waals surface area contributed by atoms with Crippen LogP contribution in [0.1, 0.15) is 39.5 Å². The van der Waals surface area contributed by atoms with Crippen LogP contribution in [0.2, 0.25) is 0 Å². The van der Waals surface area contributed by atoms with Crippen molar-refractivity contribution in [2.75, 3.05) is 20.1 Å². The molecule has 1 aliphatic rings. The van der Waals surface area contributed by atoms with E-state index >= 15 is 0 Å². The summed E-state index contributed by atoms with van der Waals surface area (Å²) in [5.41, 5.74) is 0. The zero-order valence-electron chi connectivity index (χ0n) is 9.34. The molecule has 1 unspecified atom stereocenters. The maximum absolute atomic E-state index is 3.32. The molecule has 1 N–H and O–H groups in total. The van der Waals surface area contributed by atoms with E-state index in [9.17, 15) is 0 Å². The first kappa shape index (κ1) is 11.0. The second kappa shape index (κ2) is 5.61. The van der Waals surface area contributed by atoms with Crippen molar-refractivity contribution >= 4 is 0 Å². The smallest absolute Gasteiger partial charge is 0.0345 e. The Morgan fingerprint density at radius 2 is 2.08 bits per heavy atom. The van der Waals surface area contributed by atoms with Gasteiger partial charge in [-0.3, -0.25) is 4.90 Å².